The van der Waals surface area contributed by atoms with Crippen molar-refractivity contribution in [2.45, 2.75) is 19.4 Å². The van der Waals surface area contributed by atoms with E-state index in [1.54, 1.807) is 11.8 Å². The molecule has 1 aromatic rings. The lowest BCUT2D eigenvalue weighted by atomic mass is 10.1. The first kappa shape index (κ1) is 16.4. The van der Waals surface area contributed by atoms with Gasteiger partial charge in [-0.05, 0) is 30.7 Å². The van der Waals surface area contributed by atoms with E-state index in [-0.39, 0.29) is 5.91 Å². The Balaban J connectivity index is 1.73. The van der Waals surface area contributed by atoms with E-state index in [9.17, 15) is 4.79 Å². The van der Waals surface area contributed by atoms with E-state index in [2.05, 4.69) is 35.2 Å². The molecule has 0 bridgehead atoms. The third-order valence-electron chi connectivity index (χ3n) is 4.10. The second-order valence-corrected chi connectivity index (χ2v) is 6.88. The molecule has 1 aliphatic rings. The van der Waals surface area contributed by atoms with Gasteiger partial charge in [0, 0.05) is 38.9 Å². The molecule has 1 unspecified atom stereocenters. The van der Waals surface area contributed by atoms with Crippen molar-refractivity contribution < 1.29 is 4.79 Å². The van der Waals surface area contributed by atoms with Crippen molar-refractivity contribution in [2.75, 3.05) is 38.7 Å². The minimum Gasteiger partial charge on any atom is -0.345 e. The van der Waals surface area contributed by atoms with Gasteiger partial charge >= 0.3 is 0 Å². The third kappa shape index (κ3) is 5.36. The van der Waals surface area contributed by atoms with Crippen molar-refractivity contribution in [2.24, 2.45) is 5.92 Å². The second-order valence-electron chi connectivity index (χ2n) is 5.89. The number of likely N-dealkylation sites (tertiary alicyclic amines) is 1. The number of hydrogen-bond donors (Lipinski definition) is 0. The molecule has 1 fully saturated rings. The van der Waals surface area contributed by atoms with Gasteiger partial charge in [-0.1, -0.05) is 30.3 Å². The number of carbonyl (C=O) groups is 1. The van der Waals surface area contributed by atoms with E-state index >= 15 is 0 Å². The van der Waals surface area contributed by atoms with Crippen molar-refractivity contribution >= 4 is 17.7 Å². The lowest BCUT2D eigenvalue weighted by molar-refractivity contribution is -0.129. The minimum absolute atomic E-state index is 0.283. The predicted octanol–water partition coefficient (Wildman–Crippen LogP) is 2.72. The first-order valence-electron chi connectivity index (χ1n) is 7.68. The van der Waals surface area contributed by atoms with Crippen molar-refractivity contribution in [3.63, 3.8) is 0 Å². The van der Waals surface area contributed by atoms with Gasteiger partial charge in [-0.15, -0.1) is 0 Å². The van der Waals surface area contributed by atoms with E-state index < -0.39 is 0 Å². The fourth-order valence-corrected chi connectivity index (χ4v) is 3.30. The number of benzene rings is 1. The Morgan fingerprint density at radius 3 is 2.86 bits per heavy atom. The molecular weight excluding hydrogens is 280 g/mol. The summed E-state index contributed by atoms with van der Waals surface area (Å²) in [6.45, 7) is 4.18. The highest BCUT2D eigenvalue weighted by atomic mass is 32.2. The number of hydrogen-bond acceptors (Lipinski definition) is 3. The predicted molar refractivity (Wildman–Crippen MR) is 90.5 cm³/mol. The van der Waals surface area contributed by atoms with Crippen LogP contribution in [0.4, 0.5) is 0 Å². The standard InChI is InChI=1S/C17H26N2OS/c1-18(17(20)9-11-21-2)12-16-8-10-19(14-16)13-15-6-4-3-5-7-15/h3-7,16H,8-14H2,1-2H3. The molecule has 1 heterocycles. The summed E-state index contributed by atoms with van der Waals surface area (Å²) in [6, 6.07) is 10.6. The van der Waals surface area contributed by atoms with Gasteiger partial charge < -0.3 is 4.90 Å². The van der Waals surface area contributed by atoms with Gasteiger partial charge in [0.25, 0.3) is 0 Å². The van der Waals surface area contributed by atoms with E-state index in [0.29, 0.717) is 12.3 Å². The molecule has 1 amide bonds. The molecule has 1 atom stereocenters. The summed E-state index contributed by atoms with van der Waals surface area (Å²) in [5.74, 6) is 1.83. The Bertz CT molecular complexity index is 438. The van der Waals surface area contributed by atoms with Crippen molar-refractivity contribution in [3.05, 3.63) is 35.9 Å². The molecule has 21 heavy (non-hydrogen) atoms. The summed E-state index contributed by atoms with van der Waals surface area (Å²) >= 11 is 1.74. The van der Waals surface area contributed by atoms with E-state index in [4.69, 9.17) is 0 Å². The Labute approximate surface area is 132 Å². The molecule has 0 aromatic heterocycles. The molecule has 0 saturated carbocycles. The lowest BCUT2D eigenvalue weighted by Crippen LogP contribution is -2.33. The second kappa shape index (κ2) is 8.44. The maximum absolute atomic E-state index is 12.0. The molecule has 0 spiro atoms. The normalized spacial score (nSPS) is 18.9. The quantitative estimate of drug-likeness (QED) is 0.774. The fourth-order valence-electron chi connectivity index (χ4n) is 2.92. The van der Waals surface area contributed by atoms with Crippen LogP contribution in [0.5, 0.6) is 0 Å². The van der Waals surface area contributed by atoms with Gasteiger partial charge in [-0.2, -0.15) is 11.8 Å². The monoisotopic (exact) mass is 306 g/mol. The van der Waals surface area contributed by atoms with Crippen LogP contribution in [0.15, 0.2) is 30.3 Å². The van der Waals surface area contributed by atoms with Gasteiger partial charge in [0.2, 0.25) is 5.91 Å². The summed E-state index contributed by atoms with van der Waals surface area (Å²) in [5, 5.41) is 0. The lowest BCUT2D eigenvalue weighted by Gasteiger charge is -2.22. The Morgan fingerprint density at radius 1 is 1.38 bits per heavy atom. The molecule has 0 N–H and O–H groups in total. The fraction of sp³-hybridized carbons (Fsp3) is 0.588. The SMILES string of the molecule is CSCCC(=O)N(C)CC1CCN(Cc2ccccc2)C1. The highest BCUT2D eigenvalue weighted by Gasteiger charge is 2.24. The summed E-state index contributed by atoms with van der Waals surface area (Å²) in [4.78, 5) is 16.4. The van der Waals surface area contributed by atoms with Crippen molar-refractivity contribution in [1.29, 1.82) is 0 Å². The molecule has 1 saturated heterocycles. The van der Waals surface area contributed by atoms with E-state index in [1.165, 1.54) is 12.0 Å². The Hall–Kier alpha value is -1.00. The summed E-state index contributed by atoms with van der Waals surface area (Å²) in [5.41, 5.74) is 1.38. The minimum atomic E-state index is 0.283. The zero-order valence-corrected chi connectivity index (χ0v) is 13.9. The summed E-state index contributed by atoms with van der Waals surface area (Å²) in [6.07, 6.45) is 3.91. The highest BCUT2D eigenvalue weighted by Crippen LogP contribution is 2.19. The number of nitrogens with zero attached hydrogens (tertiary/aromatic N) is 2. The molecule has 4 heteroatoms. The van der Waals surface area contributed by atoms with Crippen LogP contribution in [0.2, 0.25) is 0 Å². The Morgan fingerprint density at radius 2 is 2.14 bits per heavy atom. The van der Waals surface area contributed by atoms with Crippen LogP contribution >= 0.6 is 11.8 Å². The number of amides is 1. The van der Waals surface area contributed by atoms with Crippen molar-refractivity contribution in [1.82, 2.24) is 9.80 Å². The third-order valence-corrected chi connectivity index (χ3v) is 4.71. The maximum Gasteiger partial charge on any atom is 0.223 e. The molecule has 0 radical (unpaired) electrons. The highest BCUT2D eigenvalue weighted by molar-refractivity contribution is 7.98. The smallest absolute Gasteiger partial charge is 0.223 e. The maximum atomic E-state index is 12.0. The van der Waals surface area contributed by atoms with E-state index in [0.717, 1.165) is 31.9 Å². The molecule has 116 valence electrons. The first-order chi connectivity index (χ1) is 10.2. The average molecular weight is 306 g/mol. The molecule has 2 rings (SSSR count). The van der Waals surface area contributed by atoms with Crippen LogP contribution in [0.3, 0.4) is 0 Å². The van der Waals surface area contributed by atoms with Gasteiger partial charge in [0.1, 0.15) is 0 Å². The van der Waals surface area contributed by atoms with Gasteiger partial charge in [-0.25, -0.2) is 0 Å². The number of carbonyl (C=O) groups excluding carboxylic acids is 1. The van der Waals surface area contributed by atoms with Crippen LogP contribution in [0.1, 0.15) is 18.4 Å². The zero-order chi connectivity index (χ0) is 15.1. The topological polar surface area (TPSA) is 23.6 Å². The van der Waals surface area contributed by atoms with Gasteiger partial charge in [-0.3, -0.25) is 9.69 Å². The number of rotatable bonds is 7. The van der Waals surface area contributed by atoms with Gasteiger partial charge in [0.15, 0.2) is 0 Å². The Kier molecular flexibility index (Phi) is 6.58. The molecule has 1 aromatic carbocycles. The largest absolute Gasteiger partial charge is 0.345 e. The van der Waals surface area contributed by atoms with E-state index in [1.807, 2.05) is 18.2 Å². The van der Waals surface area contributed by atoms with Crippen LogP contribution in [-0.2, 0) is 11.3 Å². The van der Waals surface area contributed by atoms with Crippen molar-refractivity contribution in [3.8, 4) is 0 Å². The molecule has 3 nitrogen and oxygen atoms in total. The van der Waals surface area contributed by atoms with Crippen LogP contribution in [-0.4, -0.2) is 54.4 Å². The molecule has 1 aliphatic heterocycles. The average Bonchev–Trinajstić information content (AvgIpc) is 2.92. The van der Waals surface area contributed by atoms with Crippen LogP contribution in [0, 0.1) is 5.92 Å². The zero-order valence-electron chi connectivity index (χ0n) is 13.1. The summed E-state index contributed by atoms with van der Waals surface area (Å²) in [7, 11) is 1.95. The van der Waals surface area contributed by atoms with Crippen LogP contribution in [0.25, 0.3) is 0 Å². The first-order valence-corrected chi connectivity index (χ1v) is 9.07. The summed E-state index contributed by atoms with van der Waals surface area (Å²) < 4.78 is 0. The van der Waals surface area contributed by atoms with Crippen LogP contribution < -0.4 is 0 Å². The molecular formula is C17H26N2OS. The molecule has 0 aliphatic carbocycles. The van der Waals surface area contributed by atoms with Gasteiger partial charge in [0.05, 0.1) is 0 Å². The number of thioether (sulfide) groups is 1.